The zero-order valence-corrected chi connectivity index (χ0v) is 22.6. The lowest BCUT2D eigenvalue weighted by Crippen LogP contribution is -2.52. The molecular formula is C29H40N4O5. The van der Waals surface area contributed by atoms with Crippen molar-refractivity contribution in [3.63, 3.8) is 0 Å². The van der Waals surface area contributed by atoms with E-state index < -0.39 is 30.4 Å². The highest BCUT2D eigenvalue weighted by atomic mass is 16.6. The number of alkyl carbamates (subject to hydrolysis) is 1. The van der Waals surface area contributed by atoms with Gasteiger partial charge in [0, 0.05) is 18.7 Å². The van der Waals surface area contributed by atoms with Crippen molar-refractivity contribution >= 4 is 23.7 Å². The number of hydrogen-bond donors (Lipinski definition) is 4. The molecule has 3 rings (SSSR count). The van der Waals surface area contributed by atoms with Gasteiger partial charge in [0.2, 0.25) is 0 Å². The van der Waals surface area contributed by atoms with Crippen LogP contribution in [0.25, 0.3) is 0 Å². The molecule has 9 nitrogen and oxygen atoms in total. The molecule has 0 aliphatic carbocycles. The number of anilines is 1. The number of unbranched alkanes of at least 4 members (excludes halogenated alkanes) is 1. The molecule has 2 aromatic rings. The van der Waals surface area contributed by atoms with Gasteiger partial charge in [-0.2, -0.15) is 0 Å². The Bertz CT molecular complexity index is 1060. The zero-order chi connectivity index (χ0) is 27.7. The maximum atomic E-state index is 13.0. The first-order valence-corrected chi connectivity index (χ1v) is 13.2. The molecule has 2 aromatic carbocycles. The standard InChI is InChI=1S/C29H40N4O5/c1-5-6-17-23(25(34)26(35)30-20(2)21-13-9-7-10-14-21)32-28(37)38-24-18-29(3,4)19-33(24)27(36)31-22-15-11-8-12-16-22/h7-16,20,23-25,34H,5-6,17-19H2,1-4H3,(H,30,35)(H,31,36)(H,32,37)/t20-,23+,24?,25?/m1/s1. The molecule has 4 atom stereocenters. The van der Waals surface area contributed by atoms with E-state index in [4.69, 9.17) is 4.74 Å². The van der Waals surface area contributed by atoms with Gasteiger partial charge in [-0.05, 0) is 36.5 Å². The lowest BCUT2D eigenvalue weighted by atomic mass is 9.93. The van der Waals surface area contributed by atoms with E-state index in [0.717, 1.165) is 12.0 Å². The van der Waals surface area contributed by atoms with Gasteiger partial charge in [-0.15, -0.1) is 0 Å². The molecule has 0 radical (unpaired) electrons. The van der Waals surface area contributed by atoms with Crippen LogP contribution in [0.4, 0.5) is 15.3 Å². The molecule has 0 bridgehead atoms. The molecule has 2 unspecified atom stereocenters. The van der Waals surface area contributed by atoms with E-state index in [2.05, 4.69) is 16.0 Å². The Balaban J connectivity index is 1.63. The van der Waals surface area contributed by atoms with Crippen molar-refractivity contribution in [3.8, 4) is 0 Å². The number of aliphatic hydroxyl groups excluding tert-OH is 1. The number of nitrogens with one attached hydrogen (secondary N) is 3. The second-order valence-electron chi connectivity index (χ2n) is 10.6. The summed E-state index contributed by atoms with van der Waals surface area (Å²) in [5.41, 5.74) is 1.29. The maximum absolute atomic E-state index is 13.0. The van der Waals surface area contributed by atoms with E-state index in [1.807, 2.05) is 76.2 Å². The number of benzene rings is 2. The molecule has 0 aromatic heterocycles. The number of hydrogen-bond acceptors (Lipinski definition) is 5. The van der Waals surface area contributed by atoms with Crippen molar-refractivity contribution in [1.82, 2.24) is 15.5 Å². The Kier molecular flexibility index (Phi) is 10.1. The largest absolute Gasteiger partial charge is 0.425 e. The average Bonchev–Trinajstić information content (AvgIpc) is 3.20. The molecule has 4 N–H and O–H groups in total. The summed E-state index contributed by atoms with van der Waals surface area (Å²) in [5.74, 6) is -0.575. The van der Waals surface area contributed by atoms with Crippen LogP contribution in [0.5, 0.6) is 0 Å². The third-order valence-electron chi connectivity index (χ3n) is 6.68. The predicted molar refractivity (Wildman–Crippen MR) is 146 cm³/mol. The minimum Gasteiger partial charge on any atom is -0.425 e. The number of likely N-dealkylation sites (tertiary alicyclic amines) is 1. The second-order valence-corrected chi connectivity index (χ2v) is 10.6. The SMILES string of the molecule is CCCC[C@H](NC(=O)OC1CC(C)(C)CN1C(=O)Nc1ccccc1)C(O)C(=O)N[C@H](C)c1ccccc1. The number of aliphatic hydroxyl groups is 1. The first kappa shape index (κ1) is 29.0. The van der Waals surface area contributed by atoms with E-state index in [9.17, 15) is 19.5 Å². The van der Waals surface area contributed by atoms with Gasteiger partial charge in [0.25, 0.3) is 5.91 Å². The van der Waals surface area contributed by atoms with Crippen LogP contribution in [0.1, 0.15) is 65.0 Å². The van der Waals surface area contributed by atoms with Crippen LogP contribution in [0.3, 0.4) is 0 Å². The monoisotopic (exact) mass is 524 g/mol. The van der Waals surface area contributed by atoms with Crippen molar-refractivity contribution in [1.29, 1.82) is 0 Å². The maximum Gasteiger partial charge on any atom is 0.409 e. The Morgan fingerprint density at radius 3 is 2.32 bits per heavy atom. The average molecular weight is 525 g/mol. The van der Waals surface area contributed by atoms with Gasteiger partial charge in [-0.3, -0.25) is 9.69 Å². The van der Waals surface area contributed by atoms with Gasteiger partial charge in [-0.25, -0.2) is 9.59 Å². The topological polar surface area (TPSA) is 120 Å². The highest BCUT2D eigenvalue weighted by molar-refractivity contribution is 5.90. The fraction of sp³-hybridized carbons (Fsp3) is 0.483. The van der Waals surface area contributed by atoms with E-state index in [-0.39, 0.29) is 17.5 Å². The molecular weight excluding hydrogens is 484 g/mol. The van der Waals surface area contributed by atoms with Crippen LogP contribution in [0.2, 0.25) is 0 Å². The van der Waals surface area contributed by atoms with Crippen LogP contribution in [-0.2, 0) is 9.53 Å². The van der Waals surface area contributed by atoms with E-state index >= 15 is 0 Å². The fourth-order valence-corrected chi connectivity index (χ4v) is 4.58. The fourth-order valence-electron chi connectivity index (χ4n) is 4.58. The van der Waals surface area contributed by atoms with Gasteiger partial charge in [0.05, 0.1) is 12.1 Å². The van der Waals surface area contributed by atoms with Crippen LogP contribution in [-0.4, -0.2) is 53.0 Å². The summed E-state index contributed by atoms with van der Waals surface area (Å²) in [7, 11) is 0. The van der Waals surface area contributed by atoms with Gasteiger partial charge in [0.15, 0.2) is 12.3 Å². The number of urea groups is 1. The molecule has 1 aliphatic rings. The summed E-state index contributed by atoms with van der Waals surface area (Å²) in [6, 6.07) is 17.0. The summed E-state index contributed by atoms with van der Waals surface area (Å²) >= 11 is 0. The molecule has 9 heteroatoms. The molecule has 1 aliphatic heterocycles. The molecule has 1 fully saturated rings. The van der Waals surface area contributed by atoms with E-state index in [1.54, 1.807) is 12.1 Å². The smallest absolute Gasteiger partial charge is 0.409 e. The number of rotatable bonds is 10. The normalized spacial score (nSPS) is 18.7. The summed E-state index contributed by atoms with van der Waals surface area (Å²) in [4.78, 5) is 40.3. The Labute approximate surface area is 224 Å². The number of carbonyl (C=O) groups is 3. The highest BCUT2D eigenvalue weighted by Gasteiger charge is 2.43. The minimum atomic E-state index is -1.46. The zero-order valence-electron chi connectivity index (χ0n) is 22.6. The number of ether oxygens (including phenoxy) is 1. The molecule has 0 saturated carbocycles. The third kappa shape index (κ3) is 8.21. The van der Waals surface area contributed by atoms with E-state index in [1.165, 1.54) is 4.90 Å². The number of nitrogens with zero attached hydrogens (tertiary/aromatic N) is 1. The number of para-hydroxylation sites is 1. The molecule has 0 spiro atoms. The van der Waals surface area contributed by atoms with Gasteiger partial charge >= 0.3 is 12.1 Å². The minimum absolute atomic E-state index is 0.256. The molecule has 1 saturated heterocycles. The van der Waals surface area contributed by atoms with Gasteiger partial charge < -0.3 is 25.8 Å². The summed E-state index contributed by atoms with van der Waals surface area (Å²) in [6.07, 6.45) is -0.650. The summed E-state index contributed by atoms with van der Waals surface area (Å²) in [5, 5.41) is 19.2. The van der Waals surface area contributed by atoms with Crippen molar-refractivity contribution in [2.24, 2.45) is 5.41 Å². The van der Waals surface area contributed by atoms with Crippen LogP contribution >= 0.6 is 0 Å². The van der Waals surface area contributed by atoms with Gasteiger partial charge in [-0.1, -0.05) is 82.1 Å². The third-order valence-corrected chi connectivity index (χ3v) is 6.68. The quantitative estimate of drug-likeness (QED) is 0.356. The van der Waals surface area contributed by atoms with Crippen LogP contribution in [0.15, 0.2) is 60.7 Å². The van der Waals surface area contributed by atoms with Crippen molar-refractivity contribution in [2.45, 2.75) is 77.8 Å². The molecule has 206 valence electrons. The van der Waals surface area contributed by atoms with Crippen LogP contribution < -0.4 is 16.0 Å². The number of amides is 4. The lowest BCUT2D eigenvalue weighted by molar-refractivity contribution is -0.131. The first-order valence-electron chi connectivity index (χ1n) is 13.2. The predicted octanol–water partition coefficient (Wildman–Crippen LogP) is 4.80. The number of carbonyl (C=O) groups excluding carboxylic acids is 3. The molecule has 38 heavy (non-hydrogen) atoms. The van der Waals surface area contributed by atoms with Gasteiger partial charge in [0.1, 0.15) is 0 Å². The first-order chi connectivity index (χ1) is 18.1. The van der Waals surface area contributed by atoms with Crippen molar-refractivity contribution in [2.75, 3.05) is 11.9 Å². The molecule has 1 heterocycles. The highest BCUT2D eigenvalue weighted by Crippen LogP contribution is 2.35. The second kappa shape index (κ2) is 13.3. The Morgan fingerprint density at radius 1 is 1.05 bits per heavy atom. The van der Waals surface area contributed by atoms with Crippen LogP contribution in [0, 0.1) is 5.41 Å². The lowest BCUT2D eigenvalue weighted by Gasteiger charge is -2.28. The summed E-state index contributed by atoms with van der Waals surface area (Å²) in [6.45, 7) is 8.24. The molecule has 4 amide bonds. The Hall–Kier alpha value is -3.59. The van der Waals surface area contributed by atoms with Crippen molar-refractivity contribution < 1.29 is 24.2 Å². The van der Waals surface area contributed by atoms with E-state index in [0.29, 0.717) is 31.5 Å². The Morgan fingerprint density at radius 2 is 1.68 bits per heavy atom. The van der Waals surface area contributed by atoms with Crippen molar-refractivity contribution in [3.05, 3.63) is 66.2 Å². The summed E-state index contributed by atoms with van der Waals surface area (Å²) < 4.78 is 5.68.